The van der Waals surface area contributed by atoms with Crippen molar-refractivity contribution in [2.24, 2.45) is 0 Å². The number of carbonyl (C=O) groups excluding carboxylic acids is 1. The highest BCUT2D eigenvalue weighted by atomic mass is 32.2. The minimum Gasteiger partial charge on any atom is -0.287 e. The summed E-state index contributed by atoms with van der Waals surface area (Å²) in [6, 6.07) is 0. The first-order chi connectivity index (χ1) is 8.86. The maximum atomic E-state index is 13.0. The molecule has 20 heavy (non-hydrogen) atoms. The van der Waals surface area contributed by atoms with Crippen molar-refractivity contribution in [3.8, 4) is 0 Å². The lowest BCUT2D eigenvalue weighted by Gasteiger charge is -2.29. The fourth-order valence-corrected chi connectivity index (χ4v) is 1.86. The third-order valence-corrected chi connectivity index (χ3v) is 3.38. The molecule has 0 amide bonds. The molecule has 0 saturated carbocycles. The summed E-state index contributed by atoms with van der Waals surface area (Å²) >= 11 is 0.609. The molecule has 0 saturated heterocycles. The zero-order valence-electron chi connectivity index (χ0n) is 10.2. The van der Waals surface area contributed by atoms with E-state index in [1.54, 1.807) is 0 Å². The van der Waals surface area contributed by atoms with Gasteiger partial charge in [-0.1, -0.05) is 18.7 Å². The molecule has 0 aromatic rings. The molecule has 0 N–H and O–H groups in total. The molecule has 0 aliphatic heterocycles. The van der Waals surface area contributed by atoms with Crippen LogP contribution in [0.4, 0.5) is 35.1 Å². The van der Waals surface area contributed by atoms with Crippen LogP contribution in [0.2, 0.25) is 0 Å². The fraction of sp³-hybridized carbons (Fsp3) is 0.900. The van der Waals surface area contributed by atoms with E-state index in [0.717, 1.165) is 0 Å². The van der Waals surface area contributed by atoms with Crippen LogP contribution in [0.5, 0.6) is 0 Å². The van der Waals surface area contributed by atoms with Crippen molar-refractivity contribution in [3.05, 3.63) is 0 Å². The van der Waals surface area contributed by atoms with E-state index in [1.807, 2.05) is 0 Å². The van der Waals surface area contributed by atoms with Gasteiger partial charge in [0, 0.05) is 18.6 Å². The lowest BCUT2D eigenvalue weighted by Crippen LogP contribution is -2.53. The predicted octanol–water partition coefficient (Wildman–Crippen LogP) is 4.61. The van der Waals surface area contributed by atoms with E-state index >= 15 is 0 Å². The van der Waals surface area contributed by atoms with Gasteiger partial charge in [0.2, 0.25) is 0 Å². The van der Waals surface area contributed by atoms with Gasteiger partial charge in [-0.25, -0.2) is 4.39 Å². The van der Waals surface area contributed by atoms with Gasteiger partial charge in [0.25, 0.3) is 6.17 Å². The largest absolute Gasteiger partial charge is 0.425 e. The average molecular weight is 332 g/mol. The Hall–Kier alpha value is -0.540. The molecule has 0 aromatic heterocycles. The third kappa shape index (κ3) is 5.10. The lowest BCUT2D eigenvalue weighted by atomic mass is 10.0. The number of hydrogen-bond acceptors (Lipinski definition) is 2. The minimum atomic E-state index is -6.07. The molecule has 0 bridgehead atoms. The molecule has 0 aliphatic carbocycles. The Morgan fingerprint density at radius 3 is 2.00 bits per heavy atom. The van der Waals surface area contributed by atoms with Crippen molar-refractivity contribution in [2.45, 2.75) is 50.4 Å². The Balaban J connectivity index is 4.58. The quantitative estimate of drug-likeness (QED) is 0.500. The van der Waals surface area contributed by atoms with Gasteiger partial charge in [-0.15, -0.1) is 0 Å². The maximum absolute atomic E-state index is 13.0. The zero-order chi connectivity index (χ0) is 16.2. The van der Waals surface area contributed by atoms with E-state index in [9.17, 15) is 39.9 Å². The smallest absolute Gasteiger partial charge is 0.287 e. The van der Waals surface area contributed by atoms with Crippen LogP contribution in [0.3, 0.4) is 0 Å². The highest BCUT2D eigenvalue weighted by Gasteiger charge is 2.68. The number of thioether (sulfide) groups is 1. The van der Waals surface area contributed by atoms with Gasteiger partial charge in [-0.05, 0) is 6.42 Å². The Labute approximate surface area is 114 Å². The Morgan fingerprint density at radius 1 is 1.10 bits per heavy atom. The van der Waals surface area contributed by atoms with Crippen molar-refractivity contribution < 1.29 is 39.9 Å². The van der Waals surface area contributed by atoms with Crippen LogP contribution in [-0.2, 0) is 4.79 Å². The van der Waals surface area contributed by atoms with Crippen molar-refractivity contribution >= 4 is 16.9 Å². The molecule has 120 valence electrons. The molecular weight excluding hydrogens is 320 g/mol. The predicted molar refractivity (Wildman–Crippen MR) is 57.8 cm³/mol. The van der Waals surface area contributed by atoms with Crippen molar-refractivity contribution in [1.29, 1.82) is 0 Å². The SMILES string of the molecule is CCC(=O)SCCCC(F)(F)C(F)(F)C(F)C(F)(F)F. The molecule has 0 aromatic carbocycles. The molecular formula is C10H12F8OS. The van der Waals surface area contributed by atoms with Crippen LogP contribution in [0.1, 0.15) is 26.2 Å². The molecule has 0 fully saturated rings. The van der Waals surface area contributed by atoms with E-state index < -0.39 is 37.0 Å². The van der Waals surface area contributed by atoms with Gasteiger partial charge in [0.05, 0.1) is 0 Å². The summed E-state index contributed by atoms with van der Waals surface area (Å²) in [6.07, 6.45) is -13.2. The molecule has 0 heterocycles. The molecule has 1 atom stereocenters. The topological polar surface area (TPSA) is 17.1 Å². The maximum Gasteiger partial charge on any atom is 0.425 e. The van der Waals surface area contributed by atoms with Gasteiger partial charge >= 0.3 is 18.0 Å². The zero-order valence-corrected chi connectivity index (χ0v) is 11.1. The van der Waals surface area contributed by atoms with E-state index in [-0.39, 0.29) is 17.3 Å². The van der Waals surface area contributed by atoms with Gasteiger partial charge in [0.1, 0.15) is 0 Å². The Kier molecular flexibility index (Phi) is 6.76. The molecule has 0 spiro atoms. The summed E-state index contributed by atoms with van der Waals surface area (Å²) in [4.78, 5) is 10.8. The molecule has 0 radical (unpaired) electrons. The second-order valence-electron chi connectivity index (χ2n) is 3.91. The van der Waals surface area contributed by atoms with Crippen LogP contribution < -0.4 is 0 Å². The fourth-order valence-electron chi connectivity index (χ4n) is 1.14. The summed E-state index contributed by atoms with van der Waals surface area (Å²) in [7, 11) is 0. The van der Waals surface area contributed by atoms with Crippen LogP contribution in [0, 0.1) is 0 Å². The first kappa shape index (κ1) is 19.5. The number of rotatable bonds is 7. The first-order valence-electron chi connectivity index (χ1n) is 5.48. The van der Waals surface area contributed by atoms with Gasteiger partial charge in [0.15, 0.2) is 5.12 Å². The number of alkyl halides is 8. The molecule has 1 unspecified atom stereocenters. The summed E-state index contributed by atoms with van der Waals surface area (Å²) in [6.45, 7) is 1.50. The van der Waals surface area contributed by atoms with Crippen LogP contribution in [0.15, 0.2) is 0 Å². The van der Waals surface area contributed by atoms with Gasteiger partial charge in [-0.3, -0.25) is 4.79 Å². The minimum absolute atomic E-state index is 0.109. The summed E-state index contributed by atoms with van der Waals surface area (Å²) in [5, 5.41) is -0.362. The van der Waals surface area contributed by atoms with E-state index in [2.05, 4.69) is 0 Å². The Bertz CT molecular complexity index is 328. The summed E-state index contributed by atoms with van der Waals surface area (Å²) in [5.41, 5.74) is 0. The highest BCUT2D eigenvalue weighted by molar-refractivity contribution is 8.13. The second-order valence-corrected chi connectivity index (χ2v) is 5.06. The summed E-state index contributed by atoms with van der Waals surface area (Å²) in [5.74, 6) is -11.2. The van der Waals surface area contributed by atoms with Crippen molar-refractivity contribution in [1.82, 2.24) is 0 Å². The van der Waals surface area contributed by atoms with Crippen molar-refractivity contribution in [3.63, 3.8) is 0 Å². The van der Waals surface area contributed by atoms with E-state index in [4.69, 9.17) is 0 Å². The van der Waals surface area contributed by atoms with Gasteiger partial charge < -0.3 is 0 Å². The average Bonchev–Trinajstić information content (AvgIpc) is 2.31. The molecule has 10 heteroatoms. The van der Waals surface area contributed by atoms with Crippen LogP contribution in [0.25, 0.3) is 0 Å². The van der Waals surface area contributed by atoms with E-state index in [0.29, 0.717) is 11.8 Å². The number of carbonyl (C=O) groups is 1. The first-order valence-corrected chi connectivity index (χ1v) is 6.47. The Morgan fingerprint density at radius 2 is 1.60 bits per heavy atom. The number of hydrogen-bond donors (Lipinski definition) is 0. The van der Waals surface area contributed by atoms with Crippen LogP contribution >= 0.6 is 11.8 Å². The third-order valence-electron chi connectivity index (χ3n) is 2.28. The molecule has 1 nitrogen and oxygen atoms in total. The molecule has 0 aliphatic rings. The monoisotopic (exact) mass is 332 g/mol. The normalized spacial score (nSPS) is 15.2. The second kappa shape index (κ2) is 6.95. The van der Waals surface area contributed by atoms with E-state index in [1.165, 1.54) is 6.92 Å². The lowest BCUT2D eigenvalue weighted by molar-refractivity contribution is -0.307. The standard InChI is InChI=1S/C10H12F8OS/c1-2-6(19)20-5-3-4-8(12,13)9(14,15)7(11)10(16,17)18/h7H,2-5H2,1H3. The van der Waals surface area contributed by atoms with Gasteiger partial charge in [-0.2, -0.15) is 30.7 Å². The van der Waals surface area contributed by atoms with Crippen LogP contribution in [-0.4, -0.2) is 35.1 Å². The highest BCUT2D eigenvalue weighted by Crippen LogP contribution is 2.46. The molecule has 0 rings (SSSR count). The van der Waals surface area contributed by atoms with Crippen molar-refractivity contribution in [2.75, 3.05) is 5.75 Å². The number of halogens is 8. The summed E-state index contributed by atoms with van der Waals surface area (Å²) < 4.78 is 99.5.